The van der Waals surface area contributed by atoms with Crippen LogP contribution in [-0.4, -0.2) is 75.2 Å². The van der Waals surface area contributed by atoms with Gasteiger partial charge in [-0.2, -0.15) is 5.10 Å². The lowest BCUT2D eigenvalue weighted by molar-refractivity contribution is 0.0985. The number of rotatable bonds is 8. The van der Waals surface area contributed by atoms with E-state index in [1.54, 1.807) is 6.20 Å². The molecule has 1 fully saturated rings. The third-order valence-electron chi connectivity index (χ3n) is 5.97. The molecule has 0 radical (unpaired) electrons. The number of hydrogen-bond acceptors (Lipinski definition) is 6. The van der Waals surface area contributed by atoms with Crippen molar-refractivity contribution in [2.24, 2.45) is 0 Å². The standard InChI is InChI=1S/C24H35N5O2S/c1-18-17-31-13-12-28(18)22-15-19(16-30)20-7-9-25-24(23(20)27-22)21-8-10-26-29(21)11-5-6-14-32(2,3)4/h7-10,15,18,30H,5-6,11-14,16-17H2,1-4H3/t18-/m1/s1. The molecule has 0 aliphatic carbocycles. The Bertz CT molecular complexity index is 1060. The van der Waals surface area contributed by atoms with Crippen molar-refractivity contribution in [3.63, 3.8) is 0 Å². The third kappa shape index (κ3) is 5.08. The maximum atomic E-state index is 10.1. The lowest BCUT2D eigenvalue weighted by atomic mass is 10.1. The summed E-state index contributed by atoms with van der Waals surface area (Å²) in [6.07, 6.45) is 13.0. The molecule has 1 saturated heterocycles. The second kappa shape index (κ2) is 9.77. The Hall–Kier alpha value is -2.16. The maximum absolute atomic E-state index is 10.1. The van der Waals surface area contributed by atoms with Crippen molar-refractivity contribution < 1.29 is 9.84 Å². The van der Waals surface area contributed by atoms with E-state index in [0.29, 0.717) is 13.2 Å². The fourth-order valence-corrected chi connectivity index (χ4v) is 5.32. The number of ether oxygens (including phenoxy) is 1. The zero-order valence-electron chi connectivity index (χ0n) is 19.6. The van der Waals surface area contributed by atoms with Crippen LogP contribution in [0, 0.1) is 0 Å². The molecule has 0 saturated carbocycles. The Morgan fingerprint density at radius 2 is 2.03 bits per heavy atom. The summed E-state index contributed by atoms with van der Waals surface area (Å²) in [5.41, 5.74) is 3.47. The van der Waals surface area contributed by atoms with Gasteiger partial charge in [-0.1, -0.05) is 0 Å². The van der Waals surface area contributed by atoms with Gasteiger partial charge in [-0.15, -0.1) is 0 Å². The Morgan fingerprint density at radius 3 is 2.78 bits per heavy atom. The van der Waals surface area contributed by atoms with Crippen LogP contribution in [-0.2, 0) is 17.9 Å². The lowest BCUT2D eigenvalue weighted by Crippen LogP contribution is -2.44. The van der Waals surface area contributed by atoms with Gasteiger partial charge in [0.2, 0.25) is 0 Å². The summed E-state index contributed by atoms with van der Waals surface area (Å²) in [6, 6.07) is 6.19. The van der Waals surface area contributed by atoms with Gasteiger partial charge in [0.15, 0.2) is 0 Å². The SMILES string of the molecule is C[C@@H]1COCCN1c1cc(CO)c2ccnc(-c3ccnn3CCCCS(C)(C)C)c2n1. The summed E-state index contributed by atoms with van der Waals surface area (Å²) in [5, 5.41) is 15.6. The van der Waals surface area contributed by atoms with Crippen LogP contribution in [0.3, 0.4) is 0 Å². The second-order valence-electron chi connectivity index (χ2n) is 9.41. The maximum Gasteiger partial charge on any atom is 0.130 e. The van der Waals surface area contributed by atoms with Crippen molar-refractivity contribution in [1.29, 1.82) is 0 Å². The topological polar surface area (TPSA) is 76.3 Å². The minimum Gasteiger partial charge on any atom is -0.392 e. The highest BCUT2D eigenvalue weighted by molar-refractivity contribution is 8.32. The number of aryl methyl sites for hydroxylation is 1. The molecule has 32 heavy (non-hydrogen) atoms. The Morgan fingerprint density at radius 1 is 1.19 bits per heavy atom. The molecule has 7 nitrogen and oxygen atoms in total. The van der Waals surface area contributed by atoms with Crippen LogP contribution in [0.15, 0.2) is 30.6 Å². The van der Waals surface area contributed by atoms with Crippen molar-refractivity contribution in [3.8, 4) is 11.4 Å². The average molecular weight is 458 g/mol. The van der Waals surface area contributed by atoms with Gasteiger partial charge in [0.05, 0.1) is 31.6 Å². The van der Waals surface area contributed by atoms with Crippen LogP contribution >= 0.6 is 10.0 Å². The van der Waals surface area contributed by atoms with Gasteiger partial charge in [-0.25, -0.2) is 15.0 Å². The number of hydrogen-bond donors (Lipinski definition) is 1. The Labute approximate surface area is 192 Å². The smallest absolute Gasteiger partial charge is 0.130 e. The number of anilines is 1. The zero-order valence-corrected chi connectivity index (χ0v) is 20.4. The fourth-order valence-electron chi connectivity index (χ4n) is 4.25. The number of aromatic nitrogens is 4. The van der Waals surface area contributed by atoms with Crippen molar-refractivity contribution in [1.82, 2.24) is 19.7 Å². The van der Waals surface area contributed by atoms with E-state index in [4.69, 9.17) is 14.7 Å². The molecule has 4 rings (SSSR count). The molecule has 1 aliphatic rings. The summed E-state index contributed by atoms with van der Waals surface area (Å²) < 4.78 is 7.65. The molecule has 0 unspecified atom stereocenters. The van der Waals surface area contributed by atoms with E-state index < -0.39 is 10.0 Å². The summed E-state index contributed by atoms with van der Waals surface area (Å²) in [7, 11) is -0.473. The third-order valence-corrected chi connectivity index (χ3v) is 7.48. The molecule has 1 N–H and O–H groups in total. The number of aliphatic hydroxyl groups is 1. The first-order valence-electron chi connectivity index (χ1n) is 11.3. The summed E-state index contributed by atoms with van der Waals surface area (Å²) in [5.74, 6) is 2.14. The normalized spacial score (nSPS) is 17.8. The van der Waals surface area contributed by atoms with Gasteiger partial charge in [0, 0.05) is 30.9 Å². The molecule has 3 aromatic rings. The van der Waals surface area contributed by atoms with Crippen LogP contribution in [0.25, 0.3) is 22.3 Å². The molecule has 174 valence electrons. The molecule has 0 spiro atoms. The van der Waals surface area contributed by atoms with Gasteiger partial charge in [0.25, 0.3) is 0 Å². The molecule has 0 bridgehead atoms. The molecule has 0 amide bonds. The molecular weight excluding hydrogens is 422 g/mol. The van der Waals surface area contributed by atoms with Crippen LogP contribution < -0.4 is 4.90 Å². The lowest BCUT2D eigenvalue weighted by Gasteiger charge is -2.34. The monoisotopic (exact) mass is 457 g/mol. The summed E-state index contributed by atoms with van der Waals surface area (Å²) >= 11 is 0. The van der Waals surface area contributed by atoms with Crippen molar-refractivity contribution in [2.45, 2.75) is 39.0 Å². The van der Waals surface area contributed by atoms with Gasteiger partial charge in [-0.3, -0.25) is 9.67 Å². The number of aliphatic hydroxyl groups excluding tert-OH is 1. The van der Waals surface area contributed by atoms with Crippen LogP contribution in [0.2, 0.25) is 0 Å². The van der Waals surface area contributed by atoms with Gasteiger partial charge in [-0.05, 0) is 68.0 Å². The van der Waals surface area contributed by atoms with E-state index in [2.05, 4.69) is 35.7 Å². The first-order valence-corrected chi connectivity index (χ1v) is 14.3. The van der Waals surface area contributed by atoms with Gasteiger partial charge >= 0.3 is 0 Å². The molecule has 1 aliphatic heterocycles. The van der Waals surface area contributed by atoms with E-state index >= 15 is 0 Å². The second-order valence-corrected chi connectivity index (χ2v) is 14.0. The van der Waals surface area contributed by atoms with Crippen LogP contribution in [0.1, 0.15) is 25.3 Å². The molecule has 1 atom stereocenters. The molecule has 3 aromatic heterocycles. The van der Waals surface area contributed by atoms with Crippen LogP contribution in [0.4, 0.5) is 5.82 Å². The largest absolute Gasteiger partial charge is 0.392 e. The fraction of sp³-hybridized carbons (Fsp3) is 0.542. The predicted molar refractivity (Wildman–Crippen MR) is 134 cm³/mol. The zero-order chi connectivity index (χ0) is 22.7. The molecular formula is C24H35N5O2S. The quantitative estimate of drug-likeness (QED) is 0.520. The highest BCUT2D eigenvalue weighted by Gasteiger charge is 2.23. The molecule has 4 heterocycles. The van der Waals surface area contributed by atoms with Crippen molar-refractivity contribution in [3.05, 3.63) is 36.2 Å². The Balaban J connectivity index is 1.69. The Kier molecular flexibility index (Phi) is 7.02. The van der Waals surface area contributed by atoms with E-state index in [1.165, 1.54) is 12.2 Å². The number of fused-ring (bicyclic) bond motifs is 1. The summed E-state index contributed by atoms with van der Waals surface area (Å²) in [6.45, 7) is 5.11. The minimum atomic E-state index is -0.473. The summed E-state index contributed by atoms with van der Waals surface area (Å²) in [4.78, 5) is 12.0. The van der Waals surface area contributed by atoms with E-state index in [-0.39, 0.29) is 12.6 Å². The predicted octanol–water partition coefficient (Wildman–Crippen LogP) is 3.68. The molecule has 0 aromatic carbocycles. The highest BCUT2D eigenvalue weighted by atomic mass is 32.3. The van der Waals surface area contributed by atoms with Crippen molar-refractivity contribution in [2.75, 3.05) is 49.2 Å². The first kappa shape index (κ1) is 23.0. The van der Waals surface area contributed by atoms with Crippen LogP contribution in [0.5, 0.6) is 0 Å². The van der Waals surface area contributed by atoms with E-state index in [1.807, 2.05) is 29.1 Å². The number of unbranched alkanes of at least 4 members (excludes halogenated alkanes) is 1. The number of nitrogens with zero attached hydrogens (tertiary/aromatic N) is 5. The van der Waals surface area contributed by atoms with Crippen molar-refractivity contribution >= 4 is 26.7 Å². The minimum absolute atomic E-state index is 0.0391. The average Bonchev–Trinajstić information content (AvgIpc) is 3.23. The van der Waals surface area contributed by atoms with Gasteiger partial charge in [0.1, 0.15) is 17.0 Å². The first-order chi connectivity index (χ1) is 15.4. The van der Waals surface area contributed by atoms with E-state index in [9.17, 15) is 5.11 Å². The number of morpholine rings is 1. The van der Waals surface area contributed by atoms with Gasteiger partial charge < -0.3 is 14.7 Å². The molecule has 8 heteroatoms. The van der Waals surface area contributed by atoms with E-state index in [0.717, 1.165) is 53.2 Å². The highest BCUT2D eigenvalue weighted by Crippen LogP contribution is 2.35. The number of pyridine rings is 2.